The molecule has 0 saturated heterocycles. The molecular formula is C17H24N4O3. The topological polar surface area (TPSA) is 97.5 Å². The second kappa shape index (κ2) is 8.47. The van der Waals surface area contributed by atoms with Crippen molar-refractivity contribution in [2.75, 3.05) is 26.7 Å². The normalized spacial score (nSPS) is 11.0. The number of H-pyrrole nitrogens is 1. The summed E-state index contributed by atoms with van der Waals surface area (Å²) in [6.45, 7) is 3.83. The lowest BCUT2D eigenvalue weighted by Crippen LogP contribution is -2.34. The monoisotopic (exact) mass is 332 g/mol. The molecule has 0 fully saturated rings. The highest BCUT2D eigenvalue weighted by Crippen LogP contribution is 2.21. The Morgan fingerprint density at radius 2 is 2.00 bits per heavy atom. The Morgan fingerprint density at radius 3 is 2.75 bits per heavy atom. The summed E-state index contributed by atoms with van der Waals surface area (Å²) in [5, 5.41) is 12.3. The number of aryl methyl sites for hydroxylation is 1. The first kappa shape index (κ1) is 18.0. The van der Waals surface area contributed by atoms with Crippen molar-refractivity contribution in [2.45, 2.75) is 19.8 Å². The van der Waals surface area contributed by atoms with Crippen LogP contribution in [0.5, 0.6) is 0 Å². The average Bonchev–Trinajstić information content (AvgIpc) is 2.90. The van der Waals surface area contributed by atoms with E-state index in [1.807, 2.05) is 43.1 Å². The minimum atomic E-state index is -0.383. The third kappa shape index (κ3) is 4.56. The molecule has 130 valence electrons. The van der Waals surface area contributed by atoms with E-state index in [-0.39, 0.29) is 18.2 Å². The van der Waals surface area contributed by atoms with Crippen molar-refractivity contribution in [3.63, 3.8) is 0 Å². The molecule has 2 amide bonds. The van der Waals surface area contributed by atoms with Gasteiger partial charge in [0.05, 0.1) is 5.56 Å². The van der Waals surface area contributed by atoms with Gasteiger partial charge in [-0.1, -0.05) is 18.2 Å². The van der Waals surface area contributed by atoms with E-state index >= 15 is 0 Å². The number of nitrogens with zero attached hydrogens (tertiary/aromatic N) is 1. The number of aromatic amines is 1. The lowest BCUT2D eigenvalue weighted by atomic mass is 10.1. The second-order valence-electron chi connectivity index (χ2n) is 5.87. The van der Waals surface area contributed by atoms with Gasteiger partial charge in [0.25, 0.3) is 5.91 Å². The van der Waals surface area contributed by atoms with Crippen LogP contribution >= 0.6 is 0 Å². The molecule has 2 rings (SSSR count). The number of likely N-dealkylation sites (N-methyl/N-ethyl adjacent to an activating group) is 1. The Labute approximate surface area is 141 Å². The summed E-state index contributed by atoms with van der Waals surface area (Å²) in [5.41, 5.74) is 4.12. The van der Waals surface area contributed by atoms with Gasteiger partial charge in [-0.3, -0.25) is 14.8 Å². The van der Waals surface area contributed by atoms with Crippen molar-refractivity contribution in [1.29, 1.82) is 0 Å². The molecule has 0 unspecified atom stereocenters. The van der Waals surface area contributed by atoms with Gasteiger partial charge in [0.2, 0.25) is 5.91 Å². The van der Waals surface area contributed by atoms with Crippen molar-refractivity contribution in [3.8, 4) is 0 Å². The number of fused-ring (bicyclic) bond motifs is 1. The maximum absolute atomic E-state index is 12.4. The number of aromatic nitrogens is 1. The van der Waals surface area contributed by atoms with Crippen LogP contribution in [0.15, 0.2) is 24.3 Å². The number of carbonyl (C=O) groups excluding carboxylic acids is 2. The molecule has 1 aromatic heterocycles. The van der Waals surface area contributed by atoms with Gasteiger partial charge in [0, 0.05) is 36.1 Å². The average molecular weight is 332 g/mol. The summed E-state index contributed by atoms with van der Waals surface area (Å²) in [6, 6.07) is 7.75. The zero-order valence-corrected chi connectivity index (χ0v) is 14.1. The predicted molar refractivity (Wildman–Crippen MR) is 92.0 cm³/mol. The van der Waals surface area contributed by atoms with Gasteiger partial charge in [-0.25, -0.2) is 5.48 Å². The number of hydrogen-bond donors (Lipinski definition) is 4. The molecular weight excluding hydrogens is 308 g/mol. The van der Waals surface area contributed by atoms with Gasteiger partial charge in [-0.2, -0.15) is 0 Å². The Kier molecular flexibility index (Phi) is 6.34. The van der Waals surface area contributed by atoms with Crippen LogP contribution in [0.25, 0.3) is 10.9 Å². The number of benzene rings is 1. The molecule has 0 atom stereocenters. The number of hydroxylamine groups is 1. The smallest absolute Gasteiger partial charge is 0.253 e. The summed E-state index contributed by atoms with van der Waals surface area (Å²) in [5.74, 6) is -0.468. The first-order valence-corrected chi connectivity index (χ1v) is 8.00. The zero-order valence-electron chi connectivity index (χ0n) is 14.1. The maximum atomic E-state index is 12.4. The zero-order chi connectivity index (χ0) is 17.5. The standard InChI is InChI=1S/C17H24N4O3/c1-12-16(13-6-3-4-7-14(13)19-12)17(23)18-9-11-21(2)10-5-8-15(22)20-24/h3-4,6-7,19,24H,5,8-11H2,1-2H3,(H,18,23)(H,20,22). The SMILES string of the molecule is Cc1[nH]c2ccccc2c1C(=O)NCCN(C)CCCC(=O)NO. The second-order valence-corrected chi connectivity index (χ2v) is 5.87. The molecule has 0 bridgehead atoms. The van der Waals surface area contributed by atoms with Crippen LogP contribution in [0.3, 0.4) is 0 Å². The quantitative estimate of drug-likeness (QED) is 0.434. The molecule has 0 saturated carbocycles. The summed E-state index contributed by atoms with van der Waals surface area (Å²) in [6.07, 6.45) is 0.931. The van der Waals surface area contributed by atoms with E-state index < -0.39 is 0 Å². The van der Waals surface area contributed by atoms with Crippen molar-refractivity contribution in [2.24, 2.45) is 0 Å². The molecule has 7 nitrogen and oxygen atoms in total. The van der Waals surface area contributed by atoms with Crippen LogP contribution in [0, 0.1) is 6.92 Å². The highest BCUT2D eigenvalue weighted by atomic mass is 16.5. The minimum absolute atomic E-state index is 0.0852. The molecule has 7 heteroatoms. The fourth-order valence-electron chi connectivity index (χ4n) is 2.70. The number of amides is 2. The molecule has 0 aliphatic rings. The number of rotatable bonds is 8. The molecule has 24 heavy (non-hydrogen) atoms. The molecule has 0 spiro atoms. The van der Waals surface area contributed by atoms with Gasteiger partial charge in [0.15, 0.2) is 0 Å². The lowest BCUT2D eigenvalue weighted by molar-refractivity contribution is -0.129. The van der Waals surface area contributed by atoms with E-state index in [9.17, 15) is 9.59 Å². The van der Waals surface area contributed by atoms with Gasteiger partial charge in [0.1, 0.15) is 0 Å². The first-order valence-electron chi connectivity index (χ1n) is 8.00. The van der Waals surface area contributed by atoms with Gasteiger partial charge >= 0.3 is 0 Å². The van der Waals surface area contributed by atoms with E-state index in [0.29, 0.717) is 25.1 Å². The highest BCUT2D eigenvalue weighted by molar-refractivity contribution is 6.08. The van der Waals surface area contributed by atoms with Gasteiger partial charge in [-0.15, -0.1) is 0 Å². The van der Waals surface area contributed by atoms with Crippen molar-refractivity contribution in [1.82, 2.24) is 20.7 Å². The maximum Gasteiger partial charge on any atom is 0.253 e. The molecule has 0 radical (unpaired) electrons. The Morgan fingerprint density at radius 1 is 1.25 bits per heavy atom. The van der Waals surface area contributed by atoms with E-state index in [2.05, 4.69) is 10.3 Å². The lowest BCUT2D eigenvalue weighted by Gasteiger charge is -2.16. The number of nitrogens with one attached hydrogen (secondary N) is 3. The van der Waals surface area contributed by atoms with Crippen molar-refractivity contribution >= 4 is 22.7 Å². The third-order valence-corrected chi connectivity index (χ3v) is 3.97. The molecule has 0 aliphatic carbocycles. The molecule has 1 aromatic carbocycles. The fraction of sp³-hybridized carbons (Fsp3) is 0.412. The third-order valence-electron chi connectivity index (χ3n) is 3.97. The van der Waals surface area contributed by atoms with Crippen LogP contribution in [-0.2, 0) is 4.79 Å². The number of hydrogen-bond acceptors (Lipinski definition) is 4. The largest absolute Gasteiger partial charge is 0.358 e. The summed E-state index contributed by atoms with van der Waals surface area (Å²) in [4.78, 5) is 28.6. The van der Waals surface area contributed by atoms with E-state index in [1.165, 1.54) is 0 Å². The van der Waals surface area contributed by atoms with E-state index in [0.717, 1.165) is 23.1 Å². The predicted octanol–water partition coefficient (Wildman–Crippen LogP) is 1.42. The Bertz CT molecular complexity index is 711. The number of para-hydroxylation sites is 1. The molecule has 0 aliphatic heterocycles. The summed E-state index contributed by atoms with van der Waals surface area (Å²) in [7, 11) is 1.93. The summed E-state index contributed by atoms with van der Waals surface area (Å²) < 4.78 is 0. The van der Waals surface area contributed by atoms with Gasteiger partial charge in [-0.05, 0) is 33.0 Å². The fourth-order valence-corrected chi connectivity index (χ4v) is 2.70. The highest BCUT2D eigenvalue weighted by Gasteiger charge is 2.15. The molecule has 4 N–H and O–H groups in total. The van der Waals surface area contributed by atoms with E-state index in [1.54, 1.807) is 5.48 Å². The van der Waals surface area contributed by atoms with Crippen LogP contribution in [0.4, 0.5) is 0 Å². The van der Waals surface area contributed by atoms with Crippen LogP contribution in [0.1, 0.15) is 28.9 Å². The Hall–Kier alpha value is -2.38. The van der Waals surface area contributed by atoms with Crippen LogP contribution in [0.2, 0.25) is 0 Å². The van der Waals surface area contributed by atoms with Crippen LogP contribution < -0.4 is 10.8 Å². The minimum Gasteiger partial charge on any atom is -0.358 e. The molecule has 1 heterocycles. The summed E-state index contributed by atoms with van der Waals surface area (Å²) >= 11 is 0. The molecule has 2 aromatic rings. The number of carbonyl (C=O) groups is 2. The van der Waals surface area contributed by atoms with Gasteiger partial charge < -0.3 is 15.2 Å². The van der Waals surface area contributed by atoms with Crippen LogP contribution in [-0.4, -0.2) is 53.6 Å². The van der Waals surface area contributed by atoms with Crippen molar-refractivity contribution in [3.05, 3.63) is 35.5 Å². The Balaban J connectivity index is 1.80. The van der Waals surface area contributed by atoms with E-state index in [4.69, 9.17) is 5.21 Å². The van der Waals surface area contributed by atoms with Crippen molar-refractivity contribution < 1.29 is 14.8 Å². The first-order chi connectivity index (χ1) is 11.5.